The Bertz CT molecular complexity index is 1080. The van der Waals surface area contributed by atoms with Crippen molar-refractivity contribution in [2.24, 2.45) is 0 Å². The van der Waals surface area contributed by atoms with Crippen molar-refractivity contribution in [1.82, 2.24) is 14.3 Å². The van der Waals surface area contributed by atoms with E-state index in [0.717, 1.165) is 33.0 Å². The number of nitrogens with one attached hydrogen (secondary N) is 1. The number of benzene rings is 1. The highest BCUT2D eigenvalue weighted by molar-refractivity contribution is 7.89. The van der Waals surface area contributed by atoms with Crippen molar-refractivity contribution in [3.63, 3.8) is 0 Å². The number of aromatic nitrogens is 2. The molecule has 0 bridgehead atoms. The molecule has 1 aromatic carbocycles. The van der Waals surface area contributed by atoms with Crippen molar-refractivity contribution in [3.8, 4) is 11.1 Å². The van der Waals surface area contributed by atoms with Crippen molar-refractivity contribution in [2.75, 3.05) is 25.0 Å². The van der Waals surface area contributed by atoms with Crippen LogP contribution in [0.5, 0.6) is 0 Å². The quantitative estimate of drug-likeness (QED) is 0.679. The van der Waals surface area contributed by atoms with Gasteiger partial charge in [-0.2, -0.15) is 4.31 Å². The molecule has 1 aliphatic heterocycles. The first-order valence-corrected chi connectivity index (χ1v) is 11.0. The lowest BCUT2D eigenvalue weighted by atomic mass is 10.1. The molecule has 1 atom stereocenters. The molecule has 0 spiro atoms. The van der Waals surface area contributed by atoms with Crippen LogP contribution < -0.4 is 5.32 Å². The number of β-amino-alcohol motifs (C(OH)–C–C–N with tert-alkyl or cyclic N) is 1. The van der Waals surface area contributed by atoms with Gasteiger partial charge in [-0.1, -0.05) is 17.4 Å². The zero-order chi connectivity index (χ0) is 19.0. The summed E-state index contributed by atoms with van der Waals surface area (Å²) in [5.74, 6) is 0. The Kier molecular flexibility index (Phi) is 4.85. The van der Waals surface area contributed by atoms with Crippen LogP contribution in [0.2, 0.25) is 0 Å². The first kappa shape index (κ1) is 18.3. The van der Waals surface area contributed by atoms with Gasteiger partial charge in [0, 0.05) is 37.6 Å². The standard InChI is InChI=1S/C18H20N4O3S2/c1-2-20-18-21-16-4-3-12(8-17(16)26-18)13-7-15(10-19-9-13)27(24,25)22-6-5-14(23)11-22/h3-4,7-10,14,23H,2,5-6,11H2,1H3,(H,20,21). The third-order valence-electron chi connectivity index (χ3n) is 4.53. The van der Waals surface area contributed by atoms with Gasteiger partial charge in [0.1, 0.15) is 4.90 Å². The molecule has 1 unspecified atom stereocenters. The molecule has 0 aliphatic carbocycles. The number of aliphatic hydroxyl groups is 1. The molecule has 1 fully saturated rings. The maximum absolute atomic E-state index is 12.8. The number of pyridine rings is 1. The molecular weight excluding hydrogens is 384 g/mol. The molecule has 142 valence electrons. The Morgan fingerprint density at radius 2 is 2.15 bits per heavy atom. The van der Waals surface area contributed by atoms with E-state index in [1.165, 1.54) is 10.5 Å². The first-order chi connectivity index (χ1) is 13.0. The highest BCUT2D eigenvalue weighted by Crippen LogP contribution is 2.31. The highest BCUT2D eigenvalue weighted by Gasteiger charge is 2.32. The van der Waals surface area contributed by atoms with Crippen LogP contribution >= 0.6 is 11.3 Å². The lowest BCUT2D eigenvalue weighted by Gasteiger charge is -2.16. The minimum absolute atomic E-state index is 0.132. The van der Waals surface area contributed by atoms with Gasteiger partial charge < -0.3 is 10.4 Å². The third-order valence-corrected chi connectivity index (χ3v) is 7.33. The molecule has 2 aromatic heterocycles. The van der Waals surface area contributed by atoms with E-state index in [4.69, 9.17) is 0 Å². The monoisotopic (exact) mass is 404 g/mol. The van der Waals surface area contributed by atoms with Crippen LogP contribution in [0.4, 0.5) is 5.13 Å². The van der Waals surface area contributed by atoms with E-state index in [0.29, 0.717) is 13.0 Å². The summed E-state index contributed by atoms with van der Waals surface area (Å²) in [6, 6.07) is 7.49. The molecule has 9 heteroatoms. The van der Waals surface area contributed by atoms with Crippen molar-refractivity contribution in [3.05, 3.63) is 36.7 Å². The summed E-state index contributed by atoms with van der Waals surface area (Å²) in [5, 5.41) is 13.7. The topological polar surface area (TPSA) is 95.4 Å². The van der Waals surface area contributed by atoms with Gasteiger partial charge >= 0.3 is 0 Å². The smallest absolute Gasteiger partial charge is 0.244 e. The summed E-state index contributed by atoms with van der Waals surface area (Å²) in [7, 11) is -3.66. The summed E-state index contributed by atoms with van der Waals surface area (Å²) in [5.41, 5.74) is 2.53. The number of sulfonamides is 1. The van der Waals surface area contributed by atoms with Crippen LogP contribution in [0.1, 0.15) is 13.3 Å². The van der Waals surface area contributed by atoms with E-state index >= 15 is 0 Å². The second kappa shape index (κ2) is 7.16. The summed E-state index contributed by atoms with van der Waals surface area (Å²) >= 11 is 1.56. The molecule has 3 heterocycles. The molecule has 4 rings (SSSR count). The maximum Gasteiger partial charge on any atom is 0.244 e. The average molecular weight is 405 g/mol. The fourth-order valence-electron chi connectivity index (χ4n) is 3.13. The van der Waals surface area contributed by atoms with Crippen LogP contribution in [0.25, 0.3) is 21.3 Å². The molecule has 1 aliphatic rings. The van der Waals surface area contributed by atoms with Gasteiger partial charge in [0.2, 0.25) is 10.0 Å². The lowest BCUT2D eigenvalue weighted by Crippen LogP contribution is -2.29. The first-order valence-electron chi connectivity index (χ1n) is 8.75. The fraction of sp³-hybridized carbons (Fsp3) is 0.333. The zero-order valence-corrected chi connectivity index (χ0v) is 16.4. The van der Waals surface area contributed by atoms with Crippen LogP contribution in [0.15, 0.2) is 41.6 Å². The summed E-state index contributed by atoms with van der Waals surface area (Å²) < 4.78 is 28.0. The van der Waals surface area contributed by atoms with E-state index in [9.17, 15) is 13.5 Å². The summed E-state index contributed by atoms with van der Waals surface area (Å²) in [6.07, 6.45) is 2.88. The van der Waals surface area contributed by atoms with Gasteiger partial charge in [-0.3, -0.25) is 4.98 Å². The van der Waals surface area contributed by atoms with Gasteiger partial charge in [-0.15, -0.1) is 0 Å². The second-order valence-corrected chi connectivity index (χ2v) is 9.42. The molecule has 2 N–H and O–H groups in total. The maximum atomic E-state index is 12.8. The van der Waals surface area contributed by atoms with E-state index in [2.05, 4.69) is 15.3 Å². The number of nitrogens with zero attached hydrogens (tertiary/aromatic N) is 3. The van der Waals surface area contributed by atoms with Crippen LogP contribution in [0, 0.1) is 0 Å². The number of anilines is 1. The molecule has 0 radical (unpaired) electrons. The van der Waals surface area contributed by atoms with Crippen molar-refractivity contribution in [2.45, 2.75) is 24.3 Å². The second-order valence-electron chi connectivity index (χ2n) is 6.45. The molecule has 0 saturated carbocycles. The SMILES string of the molecule is CCNc1nc2ccc(-c3cncc(S(=O)(=O)N4CCC(O)C4)c3)cc2s1. The number of fused-ring (bicyclic) bond motifs is 1. The van der Waals surface area contributed by atoms with Crippen LogP contribution in [-0.2, 0) is 10.0 Å². The fourth-order valence-corrected chi connectivity index (χ4v) is 5.58. The Balaban J connectivity index is 1.69. The molecular formula is C18H20N4O3S2. The Morgan fingerprint density at radius 3 is 2.89 bits per heavy atom. The normalized spacial score (nSPS) is 18.2. The van der Waals surface area contributed by atoms with Gasteiger partial charge in [0.05, 0.1) is 16.3 Å². The molecule has 0 amide bonds. The number of hydrogen-bond donors (Lipinski definition) is 2. The van der Waals surface area contributed by atoms with Crippen molar-refractivity contribution < 1.29 is 13.5 Å². The lowest BCUT2D eigenvalue weighted by molar-refractivity contribution is 0.189. The minimum Gasteiger partial charge on any atom is -0.392 e. The average Bonchev–Trinajstić information content (AvgIpc) is 3.27. The van der Waals surface area contributed by atoms with Crippen LogP contribution in [-0.4, -0.2) is 53.5 Å². The van der Waals surface area contributed by atoms with Gasteiger partial charge in [-0.05, 0) is 37.1 Å². The number of rotatable bonds is 5. The zero-order valence-electron chi connectivity index (χ0n) is 14.8. The minimum atomic E-state index is -3.66. The van der Waals surface area contributed by atoms with E-state index in [1.807, 2.05) is 25.1 Å². The Morgan fingerprint density at radius 1 is 1.30 bits per heavy atom. The predicted molar refractivity (Wildman–Crippen MR) is 106 cm³/mol. The van der Waals surface area contributed by atoms with Gasteiger partial charge in [0.15, 0.2) is 5.13 Å². The number of aliphatic hydroxyl groups excluding tert-OH is 1. The molecule has 27 heavy (non-hydrogen) atoms. The Hall–Kier alpha value is -2.07. The largest absolute Gasteiger partial charge is 0.392 e. The third kappa shape index (κ3) is 3.55. The Labute approximate surface area is 161 Å². The molecule has 7 nitrogen and oxygen atoms in total. The molecule has 1 saturated heterocycles. The van der Waals surface area contributed by atoms with Crippen molar-refractivity contribution in [1.29, 1.82) is 0 Å². The van der Waals surface area contributed by atoms with Crippen LogP contribution in [0.3, 0.4) is 0 Å². The van der Waals surface area contributed by atoms with Crippen molar-refractivity contribution >= 4 is 36.7 Å². The summed E-state index contributed by atoms with van der Waals surface area (Å²) in [6.45, 7) is 3.29. The number of thiazole rings is 1. The predicted octanol–water partition coefficient (Wildman–Crippen LogP) is 2.55. The summed E-state index contributed by atoms with van der Waals surface area (Å²) in [4.78, 5) is 8.80. The number of hydrogen-bond acceptors (Lipinski definition) is 7. The van der Waals surface area contributed by atoms with E-state index < -0.39 is 16.1 Å². The van der Waals surface area contributed by atoms with Gasteiger partial charge in [0.25, 0.3) is 0 Å². The molecule has 3 aromatic rings. The van der Waals surface area contributed by atoms with Gasteiger partial charge in [-0.25, -0.2) is 13.4 Å². The highest BCUT2D eigenvalue weighted by atomic mass is 32.2. The van der Waals surface area contributed by atoms with E-state index in [-0.39, 0.29) is 11.4 Å². The van der Waals surface area contributed by atoms with E-state index in [1.54, 1.807) is 23.6 Å².